The second-order valence-electron chi connectivity index (χ2n) is 3.29. The Kier molecular flexibility index (Phi) is 3.26. The summed E-state index contributed by atoms with van der Waals surface area (Å²) in [7, 11) is 6.01. The molecule has 0 aliphatic carbocycles. The molecule has 2 aliphatic rings. The fourth-order valence-corrected chi connectivity index (χ4v) is 4.49. The van der Waals surface area contributed by atoms with E-state index in [1.165, 1.54) is 5.70 Å². The second-order valence-corrected chi connectivity index (χ2v) is 5.71. The van der Waals surface area contributed by atoms with E-state index in [2.05, 4.69) is 41.8 Å². The maximum absolute atomic E-state index is 3.83. The van der Waals surface area contributed by atoms with E-state index >= 15 is 0 Å². The maximum Gasteiger partial charge on any atom is 0.107 e. The summed E-state index contributed by atoms with van der Waals surface area (Å²) in [6, 6.07) is 0. The Hall–Kier alpha value is -0.320. The van der Waals surface area contributed by atoms with Gasteiger partial charge < -0.3 is 4.90 Å². The lowest BCUT2D eigenvalue weighted by Crippen LogP contribution is -2.31. The highest BCUT2D eigenvalue weighted by Crippen LogP contribution is 2.42. The highest BCUT2D eigenvalue weighted by Gasteiger charge is 2.28. The van der Waals surface area contributed by atoms with Crippen LogP contribution in [0.4, 0.5) is 0 Å². The molecule has 0 radical (unpaired) electrons. The molecule has 0 saturated carbocycles. The van der Waals surface area contributed by atoms with E-state index in [1.54, 1.807) is 0 Å². The van der Waals surface area contributed by atoms with Gasteiger partial charge in [-0.25, -0.2) is 0 Å². The van der Waals surface area contributed by atoms with Crippen LogP contribution in [-0.4, -0.2) is 28.1 Å². The number of rotatable bonds is 2. The highest BCUT2D eigenvalue weighted by molar-refractivity contribution is 8.77. The van der Waals surface area contributed by atoms with E-state index in [0.29, 0.717) is 5.37 Å². The van der Waals surface area contributed by atoms with Crippen molar-refractivity contribution in [2.24, 2.45) is 0 Å². The minimum atomic E-state index is 0.475. The Morgan fingerprint density at radius 3 is 3.14 bits per heavy atom. The zero-order valence-electron chi connectivity index (χ0n) is 8.22. The lowest BCUT2D eigenvalue weighted by atomic mass is 10.2. The van der Waals surface area contributed by atoms with Gasteiger partial charge in [0, 0.05) is 18.1 Å². The number of hydrogen-bond acceptors (Lipinski definition) is 4. The fraction of sp³-hybridized carbons (Fsp3) is 0.400. The highest BCUT2D eigenvalue weighted by atomic mass is 33.1. The average molecular weight is 226 g/mol. The number of hydrogen-bond donors (Lipinski definition) is 0. The van der Waals surface area contributed by atoms with Gasteiger partial charge in [0.15, 0.2) is 0 Å². The van der Waals surface area contributed by atoms with Crippen molar-refractivity contribution in [1.29, 1.82) is 0 Å². The third-order valence-electron chi connectivity index (χ3n) is 2.29. The van der Waals surface area contributed by atoms with Gasteiger partial charge in [-0.2, -0.15) is 0 Å². The molecule has 2 nitrogen and oxygen atoms in total. The Morgan fingerprint density at radius 2 is 2.50 bits per heavy atom. The Morgan fingerprint density at radius 1 is 1.64 bits per heavy atom. The molecule has 2 heterocycles. The molecule has 1 unspecified atom stereocenters. The van der Waals surface area contributed by atoms with Crippen LogP contribution >= 0.6 is 21.6 Å². The van der Waals surface area contributed by atoms with Gasteiger partial charge in [0.2, 0.25) is 0 Å². The van der Waals surface area contributed by atoms with Gasteiger partial charge in [0.25, 0.3) is 0 Å². The minimum Gasteiger partial charge on any atom is -0.326 e. The van der Waals surface area contributed by atoms with Crippen molar-refractivity contribution in [2.45, 2.75) is 11.8 Å². The molecule has 0 aromatic rings. The molecule has 1 fully saturated rings. The van der Waals surface area contributed by atoms with Crippen LogP contribution in [0.5, 0.6) is 0 Å². The number of allylic oxidation sites excluding steroid dienone is 2. The molecular weight excluding hydrogens is 212 g/mol. The molecule has 2 rings (SSSR count). The molecule has 1 saturated heterocycles. The Labute approximate surface area is 93.1 Å². The summed E-state index contributed by atoms with van der Waals surface area (Å²) in [6.45, 7) is 3.83. The molecule has 4 heteroatoms. The van der Waals surface area contributed by atoms with Crippen molar-refractivity contribution in [2.75, 3.05) is 12.9 Å². The predicted molar refractivity (Wildman–Crippen MR) is 65.5 cm³/mol. The topological polar surface area (TPSA) is 6.48 Å². The second kappa shape index (κ2) is 4.47. The van der Waals surface area contributed by atoms with Crippen LogP contribution in [0, 0.1) is 0 Å². The van der Waals surface area contributed by atoms with Crippen molar-refractivity contribution in [3.8, 4) is 0 Å². The van der Waals surface area contributed by atoms with Crippen LogP contribution in [0.25, 0.3) is 0 Å². The molecule has 0 aromatic carbocycles. The SMILES string of the molecule is C=CN1C=CCC=C1C1SSCN1C. The lowest BCUT2D eigenvalue weighted by Gasteiger charge is -2.29. The van der Waals surface area contributed by atoms with E-state index in [9.17, 15) is 0 Å². The van der Waals surface area contributed by atoms with Crippen molar-refractivity contribution < 1.29 is 0 Å². The van der Waals surface area contributed by atoms with Crippen LogP contribution in [0.3, 0.4) is 0 Å². The molecule has 1 atom stereocenters. The molecular formula is C10H14N2S2. The third-order valence-corrected chi connectivity index (χ3v) is 5.00. The van der Waals surface area contributed by atoms with Crippen LogP contribution < -0.4 is 0 Å². The Bertz CT molecular complexity index is 286. The maximum atomic E-state index is 3.83. The largest absolute Gasteiger partial charge is 0.326 e. The van der Waals surface area contributed by atoms with Crippen molar-refractivity contribution in [1.82, 2.24) is 9.80 Å². The molecule has 14 heavy (non-hydrogen) atoms. The van der Waals surface area contributed by atoms with Gasteiger partial charge in [0.1, 0.15) is 5.37 Å². The van der Waals surface area contributed by atoms with Gasteiger partial charge >= 0.3 is 0 Å². The van der Waals surface area contributed by atoms with Crippen LogP contribution in [-0.2, 0) is 0 Å². The first-order valence-corrected chi connectivity index (χ1v) is 6.97. The summed E-state index contributed by atoms with van der Waals surface area (Å²) < 4.78 is 0. The molecule has 0 N–H and O–H groups in total. The third kappa shape index (κ3) is 1.87. The first-order valence-electron chi connectivity index (χ1n) is 4.59. The first kappa shape index (κ1) is 10.2. The summed E-state index contributed by atoms with van der Waals surface area (Å²) in [5.41, 5.74) is 1.35. The molecule has 0 amide bonds. The van der Waals surface area contributed by atoms with Crippen molar-refractivity contribution in [3.63, 3.8) is 0 Å². The van der Waals surface area contributed by atoms with Gasteiger partial charge in [-0.15, -0.1) is 0 Å². The summed E-state index contributed by atoms with van der Waals surface area (Å²) in [4.78, 5) is 4.47. The summed E-state index contributed by atoms with van der Waals surface area (Å²) >= 11 is 0. The molecule has 0 spiro atoms. The Balaban J connectivity index is 2.15. The standard InChI is InChI=1S/C10H14N2S2/c1-3-12-7-5-4-6-9(12)10-11(2)8-13-14-10/h3,5-7,10H,1,4,8H2,2H3. The first-order chi connectivity index (χ1) is 6.83. The van der Waals surface area contributed by atoms with Gasteiger partial charge in [-0.05, 0) is 13.5 Å². The monoisotopic (exact) mass is 226 g/mol. The number of likely N-dealkylation sites (N-methyl/N-ethyl adjacent to an activating group) is 1. The molecule has 0 bridgehead atoms. The summed E-state index contributed by atoms with van der Waals surface area (Å²) in [6.07, 6.45) is 9.44. The van der Waals surface area contributed by atoms with E-state index < -0.39 is 0 Å². The van der Waals surface area contributed by atoms with Gasteiger partial charge in [-0.1, -0.05) is 40.3 Å². The summed E-state index contributed by atoms with van der Waals surface area (Å²) in [5.74, 6) is 1.10. The smallest absolute Gasteiger partial charge is 0.107 e. The zero-order valence-corrected chi connectivity index (χ0v) is 9.85. The molecule has 0 aromatic heterocycles. The van der Waals surface area contributed by atoms with Crippen LogP contribution in [0.2, 0.25) is 0 Å². The predicted octanol–water partition coefficient (Wildman–Crippen LogP) is 2.84. The fourth-order valence-electron chi connectivity index (χ4n) is 1.54. The molecule has 76 valence electrons. The van der Waals surface area contributed by atoms with Gasteiger partial charge in [-0.3, -0.25) is 4.90 Å². The van der Waals surface area contributed by atoms with E-state index in [1.807, 2.05) is 27.8 Å². The van der Waals surface area contributed by atoms with Crippen molar-refractivity contribution >= 4 is 21.6 Å². The quantitative estimate of drug-likeness (QED) is 0.668. The minimum absolute atomic E-state index is 0.475. The van der Waals surface area contributed by atoms with E-state index in [0.717, 1.165) is 12.3 Å². The van der Waals surface area contributed by atoms with Crippen molar-refractivity contribution in [3.05, 3.63) is 36.8 Å². The summed E-state index contributed by atoms with van der Waals surface area (Å²) in [5, 5.41) is 0.475. The average Bonchev–Trinajstić information content (AvgIpc) is 2.64. The van der Waals surface area contributed by atoms with E-state index in [-0.39, 0.29) is 0 Å². The van der Waals surface area contributed by atoms with E-state index in [4.69, 9.17) is 0 Å². The van der Waals surface area contributed by atoms with Gasteiger partial charge in [0.05, 0.1) is 5.88 Å². The molecule has 2 aliphatic heterocycles. The number of nitrogens with zero attached hydrogens (tertiary/aromatic N) is 2. The normalized spacial score (nSPS) is 27.9. The van der Waals surface area contributed by atoms with Crippen LogP contribution in [0.15, 0.2) is 36.8 Å². The zero-order chi connectivity index (χ0) is 9.97. The van der Waals surface area contributed by atoms with Crippen LogP contribution in [0.1, 0.15) is 6.42 Å². The lowest BCUT2D eigenvalue weighted by molar-refractivity contribution is 0.369.